The van der Waals surface area contributed by atoms with Gasteiger partial charge < -0.3 is 5.73 Å². The normalized spacial score (nSPS) is 13.7. The van der Waals surface area contributed by atoms with E-state index in [0.29, 0.717) is 0 Å². The molecule has 5 rings (SSSR count). The van der Waals surface area contributed by atoms with Crippen LogP contribution in [0.3, 0.4) is 0 Å². The molecule has 0 amide bonds. The van der Waals surface area contributed by atoms with E-state index in [4.69, 9.17) is 10.7 Å². The molecule has 0 radical (unpaired) electrons. The summed E-state index contributed by atoms with van der Waals surface area (Å²) in [7, 11) is 0. The van der Waals surface area contributed by atoms with Gasteiger partial charge in [0, 0.05) is 22.5 Å². The van der Waals surface area contributed by atoms with Crippen LogP contribution in [0.2, 0.25) is 0 Å². The molecule has 3 nitrogen and oxygen atoms in total. The summed E-state index contributed by atoms with van der Waals surface area (Å²) in [6, 6.07) is 23.1. The topological polar surface area (TPSA) is 43.8 Å². The predicted molar refractivity (Wildman–Crippen MR) is 108 cm³/mol. The number of nitrogens with two attached hydrogens (primary N) is 1. The Labute approximate surface area is 153 Å². The highest BCUT2D eigenvalue weighted by Gasteiger charge is 2.21. The van der Waals surface area contributed by atoms with Crippen LogP contribution >= 0.6 is 0 Å². The third-order valence-electron chi connectivity index (χ3n) is 5.35. The Morgan fingerprint density at radius 3 is 2.31 bits per heavy atom. The summed E-state index contributed by atoms with van der Waals surface area (Å²) >= 11 is 0. The van der Waals surface area contributed by atoms with Crippen LogP contribution in [0.5, 0.6) is 0 Å². The van der Waals surface area contributed by atoms with Crippen LogP contribution in [-0.2, 0) is 12.8 Å². The second-order valence-electron chi connectivity index (χ2n) is 6.96. The van der Waals surface area contributed by atoms with E-state index in [0.717, 1.165) is 40.9 Å². The molecular formula is C23H21N3. The molecule has 4 aromatic rings. The van der Waals surface area contributed by atoms with E-state index in [-0.39, 0.29) is 0 Å². The number of pyridine rings is 1. The number of anilines is 1. The van der Waals surface area contributed by atoms with Crippen molar-refractivity contribution in [1.82, 2.24) is 9.55 Å². The van der Waals surface area contributed by atoms with Crippen LogP contribution in [0.25, 0.3) is 28.0 Å². The van der Waals surface area contributed by atoms with Crippen LogP contribution in [0.4, 0.5) is 5.69 Å². The fourth-order valence-corrected chi connectivity index (χ4v) is 4.06. The van der Waals surface area contributed by atoms with Gasteiger partial charge in [0.2, 0.25) is 0 Å². The summed E-state index contributed by atoms with van der Waals surface area (Å²) in [5, 5.41) is 1.06. The molecule has 0 saturated heterocycles. The maximum atomic E-state index is 6.62. The van der Waals surface area contributed by atoms with Crippen molar-refractivity contribution in [3.63, 3.8) is 0 Å². The second-order valence-corrected chi connectivity index (χ2v) is 6.96. The average molecular weight is 339 g/mol. The molecule has 128 valence electrons. The summed E-state index contributed by atoms with van der Waals surface area (Å²) in [6.07, 6.45) is 4.47. The average Bonchev–Trinajstić information content (AvgIpc) is 3.09. The van der Waals surface area contributed by atoms with E-state index in [9.17, 15) is 0 Å². The fourth-order valence-electron chi connectivity index (χ4n) is 4.06. The summed E-state index contributed by atoms with van der Waals surface area (Å²) < 4.78 is 2.25. The van der Waals surface area contributed by atoms with Gasteiger partial charge in [0.15, 0.2) is 0 Å². The van der Waals surface area contributed by atoms with Crippen LogP contribution in [0.15, 0.2) is 66.7 Å². The number of rotatable bonds is 2. The molecule has 0 atom stereocenters. The number of aryl methyl sites for hydroxylation is 1. The number of nitrogen functional groups attached to an aromatic ring is 1. The Balaban J connectivity index is 1.88. The molecule has 0 fully saturated rings. The lowest BCUT2D eigenvalue weighted by molar-refractivity contribution is 0.672. The minimum atomic E-state index is 0.913. The first-order valence-corrected chi connectivity index (χ1v) is 9.26. The lowest BCUT2D eigenvalue weighted by atomic mass is 9.94. The number of para-hydroxylation sites is 1. The molecule has 0 unspecified atom stereocenters. The van der Waals surface area contributed by atoms with Crippen molar-refractivity contribution in [2.24, 2.45) is 0 Å². The smallest absolute Gasteiger partial charge is 0.147 e. The zero-order valence-corrected chi connectivity index (χ0v) is 14.7. The minimum Gasteiger partial charge on any atom is -0.398 e. The van der Waals surface area contributed by atoms with Gasteiger partial charge in [0.1, 0.15) is 5.65 Å². The second kappa shape index (κ2) is 6.03. The third kappa shape index (κ3) is 2.31. The Bertz CT molecular complexity index is 1080. The molecule has 3 heteroatoms. The van der Waals surface area contributed by atoms with Gasteiger partial charge >= 0.3 is 0 Å². The first kappa shape index (κ1) is 15.2. The molecule has 0 saturated carbocycles. The highest BCUT2D eigenvalue weighted by atomic mass is 15.1. The number of hydrogen-bond acceptors (Lipinski definition) is 2. The first-order chi connectivity index (χ1) is 12.8. The van der Waals surface area contributed by atoms with Gasteiger partial charge in [0.25, 0.3) is 0 Å². The van der Waals surface area contributed by atoms with Gasteiger partial charge in [-0.15, -0.1) is 0 Å². The molecule has 26 heavy (non-hydrogen) atoms. The van der Waals surface area contributed by atoms with Gasteiger partial charge in [-0.1, -0.05) is 48.5 Å². The maximum absolute atomic E-state index is 6.62. The van der Waals surface area contributed by atoms with Gasteiger partial charge in [-0.25, -0.2) is 4.98 Å². The van der Waals surface area contributed by atoms with Gasteiger partial charge in [-0.2, -0.15) is 0 Å². The van der Waals surface area contributed by atoms with Crippen LogP contribution in [0, 0.1) is 0 Å². The molecule has 1 aliphatic rings. The van der Waals surface area contributed by atoms with Gasteiger partial charge in [0.05, 0.1) is 5.69 Å². The van der Waals surface area contributed by atoms with E-state index in [2.05, 4.69) is 59.2 Å². The number of hydrogen-bond donors (Lipinski definition) is 1. The Morgan fingerprint density at radius 1 is 0.846 bits per heavy atom. The molecule has 2 heterocycles. The molecule has 1 aliphatic carbocycles. The number of nitrogens with zero attached hydrogens (tertiary/aromatic N) is 2. The summed E-state index contributed by atoms with van der Waals surface area (Å²) in [6.45, 7) is 0. The number of fused-ring (bicyclic) bond motifs is 2. The van der Waals surface area contributed by atoms with Gasteiger partial charge in [-0.3, -0.25) is 4.57 Å². The van der Waals surface area contributed by atoms with Crippen molar-refractivity contribution >= 4 is 16.7 Å². The predicted octanol–water partition coefficient (Wildman–Crippen LogP) is 5.15. The van der Waals surface area contributed by atoms with Crippen molar-refractivity contribution in [2.75, 3.05) is 5.73 Å². The molecule has 0 spiro atoms. The van der Waals surface area contributed by atoms with Crippen LogP contribution < -0.4 is 5.73 Å². The lowest BCUT2D eigenvalue weighted by Crippen LogP contribution is -2.10. The van der Waals surface area contributed by atoms with Crippen molar-refractivity contribution in [3.05, 3.63) is 78.0 Å². The van der Waals surface area contributed by atoms with E-state index in [1.807, 2.05) is 12.1 Å². The summed E-state index contributed by atoms with van der Waals surface area (Å²) in [4.78, 5) is 5.08. The highest BCUT2D eigenvalue weighted by Crippen LogP contribution is 2.37. The standard InChI is InChI=1S/C23H21N3/c24-22-18-13-7-8-14-20(18)25-23-19(22)15-21(16-9-3-1-4-10-16)26(23)17-11-5-2-6-12-17/h1-6,9-12,15H,7-8,13-14H2,(H2,24,25). The van der Waals surface area contributed by atoms with E-state index in [1.54, 1.807) is 0 Å². The quantitative estimate of drug-likeness (QED) is 0.548. The molecule has 2 aromatic carbocycles. The van der Waals surface area contributed by atoms with Crippen LogP contribution in [0.1, 0.15) is 24.1 Å². The molecule has 2 aromatic heterocycles. The van der Waals surface area contributed by atoms with E-state index in [1.165, 1.54) is 29.7 Å². The maximum Gasteiger partial charge on any atom is 0.147 e. The SMILES string of the molecule is Nc1c2c(nc3c1cc(-c1ccccc1)n3-c1ccccc1)CCCC2. The lowest BCUT2D eigenvalue weighted by Gasteiger charge is -2.18. The molecule has 2 N–H and O–H groups in total. The summed E-state index contributed by atoms with van der Waals surface area (Å²) in [5.74, 6) is 0. The van der Waals surface area contributed by atoms with Crippen molar-refractivity contribution in [3.8, 4) is 16.9 Å². The largest absolute Gasteiger partial charge is 0.398 e. The number of benzene rings is 2. The fraction of sp³-hybridized carbons (Fsp3) is 0.174. The van der Waals surface area contributed by atoms with Gasteiger partial charge in [-0.05, 0) is 55.0 Å². The van der Waals surface area contributed by atoms with E-state index >= 15 is 0 Å². The summed E-state index contributed by atoms with van der Waals surface area (Å²) in [5.41, 5.74) is 14.4. The minimum absolute atomic E-state index is 0.913. The van der Waals surface area contributed by atoms with Crippen molar-refractivity contribution in [2.45, 2.75) is 25.7 Å². The first-order valence-electron chi connectivity index (χ1n) is 9.26. The highest BCUT2D eigenvalue weighted by molar-refractivity contribution is 5.96. The van der Waals surface area contributed by atoms with E-state index < -0.39 is 0 Å². The van der Waals surface area contributed by atoms with Crippen molar-refractivity contribution in [1.29, 1.82) is 0 Å². The monoisotopic (exact) mass is 339 g/mol. The Morgan fingerprint density at radius 2 is 1.54 bits per heavy atom. The zero-order valence-electron chi connectivity index (χ0n) is 14.7. The molecule has 0 bridgehead atoms. The molecular weight excluding hydrogens is 318 g/mol. The Kier molecular flexibility index (Phi) is 3.52. The Hall–Kier alpha value is -3.07. The van der Waals surface area contributed by atoms with Crippen LogP contribution in [-0.4, -0.2) is 9.55 Å². The zero-order chi connectivity index (χ0) is 17.5. The number of aromatic nitrogens is 2. The van der Waals surface area contributed by atoms with Crippen molar-refractivity contribution < 1.29 is 0 Å². The third-order valence-corrected chi connectivity index (χ3v) is 5.35. The molecule has 0 aliphatic heterocycles.